The summed E-state index contributed by atoms with van der Waals surface area (Å²) in [6.45, 7) is 0.606. The van der Waals surface area contributed by atoms with Crippen LogP contribution in [0.2, 0.25) is 0 Å². The Kier molecular flexibility index (Phi) is 6.24. The van der Waals surface area contributed by atoms with Gasteiger partial charge in [-0.3, -0.25) is 0 Å². The molecule has 1 aliphatic heterocycles. The molecule has 1 saturated heterocycles. The summed E-state index contributed by atoms with van der Waals surface area (Å²) in [4.78, 5) is 4.97. The minimum atomic E-state index is -3.45. The fraction of sp³-hybridized carbons (Fsp3) is 0.286. The van der Waals surface area contributed by atoms with Gasteiger partial charge in [-0.1, -0.05) is 30.3 Å². The Balaban J connectivity index is 1.48. The van der Waals surface area contributed by atoms with E-state index in [1.165, 1.54) is 11.3 Å². The number of benzene rings is 2. The molecule has 29 heavy (non-hydrogen) atoms. The number of nitrogens with zero attached hydrogens (tertiary/aromatic N) is 2. The average molecular weight is 446 g/mol. The zero-order valence-corrected chi connectivity index (χ0v) is 18.6. The number of anilines is 2. The van der Waals surface area contributed by atoms with Crippen LogP contribution in [0.3, 0.4) is 0 Å². The monoisotopic (exact) mass is 445 g/mol. The van der Waals surface area contributed by atoms with Crippen molar-refractivity contribution in [2.24, 2.45) is 0 Å². The Morgan fingerprint density at radius 1 is 1.17 bits per heavy atom. The third-order valence-corrected chi connectivity index (χ3v) is 8.41. The predicted octanol–water partition coefficient (Wildman–Crippen LogP) is 5.07. The first-order valence-electron chi connectivity index (χ1n) is 9.47. The first kappa shape index (κ1) is 20.4. The van der Waals surface area contributed by atoms with E-state index in [9.17, 15) is 8.42 Å². The molecule has 1 N–H and O–H groups in total. The van der Waals surface area contributed by atoms with E-state index < -0.39 is 10.0 Å². The van der Waals surface area contributed by atoms with Crippen molar-refractivity contribution in [2.75, 3.05) is 23.9 Å². The molecule has 0 aliphatic carbocycles. The van der Waals surface area contributed by atoms with Gasteiger partial charge in [0.2, 0.25) is 10.0 Å². The van der Waals surface area contributed by atoms with Crippen LogP contribution < -0.4 is 5.32 Å². The highest BCUT2D eigenvalue weighted by molar-refractivity contribution is 7.98. The van der Waals surface area contributed by atoms with Crippen molar-refractivity contribution in [1.29, 1.82) is 0 Å². The predicted molar refractivity (Wildman–Crippen MR) is 123 cm³/mol. The van der Waals surface area contributed by atoms with Gasteiger partial charge in [0.05, 0.1) is 10.6 Å². The molecule has 4 rings (SSSR count). The molecule has 0 spiro atoms. The second-order valence-corrected chi connectivity index (χ2v) is 10.6. The highest BCUT2D eigenvalue weighted by atomic mass is 32.2. The smallest absolute Gasteiger partial charge is 0.243 e. The summed E-state index contributed by atoms with van der Waals surface area (Å²) in [5.74, 6) is 0.840. The van der Waals surface area contributed by atoms with Crippen molar-refractivity contribution < 1.29 is 8.42 Å². The molecule has 152 valence electrons. The molecule has 1 unspecified atom stereocenters. The van der Waals surface area contributed by atoms with E-state index in [2.05, 4.69) is 10.3 Å². The van der Waals surface area contributed by atoms with Crippen LogP contribution in [-0.2, 0) is 10.0 Å². The molecule has 0 bridgehead atoms. The zero-order valence-electron chi connectivity index (χ0n) is 16.1. The molecule has 1 fully saturated rings. The first-order chi connectivity index (χ1) is 14.1. The third-order valence-electron chi connectivity index (χ3n) is 4.97. The molecule has 2 heterocycles. The minimum Gasteiger partial charge on any atom is -0.332 e. The molecule has 8 heteroatoms. The Morgan fingerprint density at radius 2 is 1.93 bits per heavy atom. The van der Waals surface area contributed by atoms with Gasteiger partial charge in [-0.2, -0.15) is 16.1 Å². The van der Waals surface area contributed by atoms with Crippen molar-refractivity contribution in [3.05, 3.63) is 60.0 Å². The van der Waals surface area contributed by atoms with E-state index >= 15 is 0 Å². The summed E-state index contributed by atoms with van der Waals surface area (Å²) in [6, 6.07) is 17.1. The Bertz CT molecular complexity index is 1050. The quantitative estimate of drug-likeness (QED) is 0.550. The summed E-state index contributed by atoms with van der Waals surface area (Å²) >= 11 is 3.22. The van der Waals surface area contributed by atoms with E-state index in [0.717, 1.165) is 40.7 Å². The lowest BCUT2D eigenvalue weighted by atomic mass is 10.2. The van der Waals surface area contributed by atoms with Gasteiger partial charge in [0.1, 0.15) is 0 Å². The maximum Gasteiger partial charge on any atom is 0.243 e. The number of thioether (sulfide) groups is 1. The fourth-order valence-electron chi connectivity index (χ4n) is 3.53. The number of sulfonamides is 1. The SMILES string of the molecule is CSCC1CCCN1S(=O)(=O)c1ccc(Nc2nc(-c3ccccc3)cs2)cc1. The number of aromatic nitrogens is 1. The van der Waals surface area contributed by atoms with Crippen LogP contribution in [0.4, 0.5) is 10.8 Å². The maximum atomic E-state index is 13.0. The Morgan fingerprint density at radius 3 is 2.66 bits per heavy atom. The number of hydrogen-bond acceptors (Lipinski definition) is 6. The van der Waals surface area contributed by atoms with Crippen molar-refractivity contribution in [3.63, 3.8) is 0 Å². The van der Waals surface area contributed by atoms with Crippen LogP contribution in [0.1, 0.15) is 12.8 Å². The van der Waals surface area contributed by atoms with Crippen molar-refractivity contribution in [3.8, 4) is 11.3 Å². The van der Waals surface area contributed by atoms with E-state index in [0.29, 0.717) is 11.4 Å². The Labute approximate surface area is 180 Å². The summed E-state index contributed by atoms with van der Waals surface area (Å²) in [5, 5.41) is 6.05. The standard InChI is InChI=1S/C21H23N3O2S3/c1-27-14-18-8-5-13-24(18)29(25,26)19-11-9-17(10-12-19)22-21-23-20(15-28-21)16-6-3-2-4-7-16/h2-4,6-7,9-12,15,18H,5,8,13-14H2,1H3,(H,22,23). The van der Waals surface area contributed by atoms with E-state index in [1.54, 1.807) is 40.3 Å². The average Bonchev–Trinajstić information content (AvgIpc) is 3.39. The zero-order chi connectivity index (χ0) is 20.3. The normalized spacial score (nSPS) is 17.5. The van der Waals surface area contributed by atoms with E-state index in [-0.39, 0.29) is 6.04 Å². The van der Waals surface area contributed by atoms with Gasteiger partial charge in [0.15, 0.2) is 5.13 Å². The molecule has 5 nitrogen and oxygen atoms in total. The van der Waals surface area contributed by atoms with Gasteiger partial charge in [-0.25, -0.2) is 13.4 Å². The van der Waals surface area contributed by atoms with Crippen LogP contribution >= 0.6 is 23.1 Å². The molecule has 1 atom stereocenters. The number of hydrogen-bond donors (Lipinski definition) is 1. The van der Waals surface area contributed by atoms with Crippen LogP contribution in [-0.4, -0.2) is 42.3 Å². The maximum absolute atomic E-state index is 13.0. The molecular formula is C21H23N3O2S3. The lowest BCUT2D eigenvalue weighted by Gasteiger charge is -2.23. The second-order valence-electron chi connectivity index (χ2n) is 6.92. The summed E-state index contributed by atoms with van der Waals surface area (Å²) in [6.07, 6.45) is 3.89. The fourth-order valence-corrected chi connectivity index (χ4v) is 6.78. The molecule has 0 saturated carbocycles. The molecule has 0 amide bonds. The molecular weight excluding hydrogens is 422 g/mol. The van der Waals surface area contributed by atoms with Gasteiger partial charge in [-0.05, 0) is 43.4 Å². The molecule has 1 aliphatic rings. The number of nitrogens with one attached hydrogen (secondary N) is 1. The molecule has 1 aromatic heterocycles. The number of thiazole rings is 1. The summed E-state index contributed by atoms with van der Waals surface area (Å²) < 4.78 is 27.7. The van der Waals surface area contributed by atoms with Gasteiger partial charge in [-0.15, -0.1) is 11.3 Å². The van der Waals surface area contributed by atoms with E-state index in [1.807, 2.05) is 42.0 Å². The highest BCUT2D eigenvalue weighted by Crippen LogP contribution is 2.30. The van der Waals surface area contributed by atoms with Gasteiger partial charge in [0.25, 0.3) is 0 Å². The summed E-state index contributed by atoms with van der Waals surface area (Å²) in [7, 11) is -3.45. The largest absolute Gasteiger partial charge is 0.332 e. The molecule has 2 aromatic carbocycles. The number of rotatable bonds is 7. The van der Waals surface area contributed by atoms with Crippen molar-refractivity contribution in [2.45, 2.75) is 23.8 Å². The van der Waals surface area contributed by atoms with Crippen molar-refractivity contribution in [1.82, 2.24) is 9.29 Å². The van der Waals surface area contributed by atoms with Crippen LogP contribution in [0.5, 0.6) is 0 Å². The van der Waals surface area contributed by atoms with Crippen molar-refractivity contribution >= 4 is 43.9 Å². The van der Waals surface area contributed by atoms with Crippen LogP contribution in [0.25, 0.3) is 11.3 Å². The van der Waals surface area contributed by atoms with Gasteiger partial charge < -0.3 is 5.32 Å². The molecule has 0 radical (unpaired) electrons. The lowest BCUT2D eigenvalue weighted by Crippen LogP contribution is -2.36. The van der Waals surface area contributed by atoms with Crippen LogP contribution in [0, 0.1) is 0 Å². The van der Waals surface area contributed by atoms with Gasteiger partial charge in [0, 0.05) is 35.0 Å². The third kappa shape index (κ3) is 4.50. The van der Waals surface area contributed by atoms with Crippen LogP contribution in [0.15, 0.2) is 64.9 Å². The molecule has 3 aromatic rings. The second kappa shape index (κ2) is 8.87. The topological polar surface area (TPSA) is 62.3 Å². The lowest BCUT2D eigenvalue weighted by molar-refractivity contribution is 0.412. The minimum absolute atomic E-state index is 0.0968. The van der Waals surface area contributed by atoms with Gasteiger partial charge >= 0.3 is 0 Å². The van der Waals surface area contributed by atoms with E-state index in [4.69, 9.17) is 0 Å². The summed E-state index contributed by atoms with van der Waals surface area (Å²) in [5.41, 5.74) is 2.81. The highest BCUT2D eigenvalue weighted by Gasteiger charge is 2.34. The first-order valence-corrected chi connectivity index (χ1v) is 13.2. The Hall–Kier alpha value is -1.87.